The van der Waals surface area contributed by atoms with Crippen molar-refractivity contribution in [1.29, 1.82) is 0 Å². The topological polar surface area (TPSA) is 51.5 Å². The molecule has 1 N–H and O–H groups in total. The number of carbonyl (C=O) groups is 1. The Bertz CT molecular complexity index is 640. The molecule has 4 nitrogen and oxygen atoms in total. The molecule has 0 radical (unpaired) electrons. The van der Waals surface area contributed by atoms with Crippen LogP contribution in [-0.2, 0) is 0 Å². The largest absolute Gasteiger partial charge is 0.482 e. The maximum absolute atomic E-state index is 12.2. The number of amides is 1. The molecule has 0 fully saturated rings. The van der Waals surface area contributed by atoms with Gasteiger partial charge >= 0.3 is 6.18 Å². The summed E-state index contributed by atoms with van der Waals surface area (Å²) in [6.07, 6.45) is -3.24. The molecule has 0 bridgehead atoms. The van der Waals surface area contributed by atoms with Crippen LogP contribution in [0.1, 0.15) is 10.4 Å². The molecule has 1 aromatic carbocycles. The normalized spacial score (nSPS) is 11.2. The monoisotopic (exact) mass is 319 g/mol. The van der Waals surface area contributed by atoms with Crippen LogP contribution in [-0.4, -0.2) is 18.7 Å². The summed E-state index contributed by atoms with van der Waals surface area (Å²) >= 11 is 5.65. The second-order valence-electron chi connectivity index (χ2n) is 3.96. The molecule has 21 heavy (non-hydrogen) atoms. The Morgan fingerprint density at radius 1 is 1.29 bits per heavy atom. The predicted molar refractivity (Wildman–Crippen MR) is 69.7 cm³/mol. The van der Waals surface area contributed by atoms with Gasteiger partial charge in [-0.15, -0.1) is 0 Å². The minimum atomic E-state index is -4.47. The summed E-state index contributed by atoms with van der Waals surface area (Å²) in [4.78, 5) is 11.9. The van der Waals surface area contributed by atoms with Crippen LogP contribution in [0.4, 0.5) is 18.9 Å². The quantitative estimate of drug-likeness (QED) is 0.922. The lowest BCUT2D eigenvalue weighted by molar-refractivity contribution is -0.153. The summed E-state index contributed by atoms with van der Waals surface area (Å²) in [6.45, 7) is -1.45. The van der Waals surface area contributed by atoms with Crippen molar-refractivity contribution >= 4 is 23.2 Å². The second-order valence-corrected chi connectivity index (χ2v) is 4.31. The van der Waals surface area contributed by atoms with E-state index >= 15 is 0 Å². The number of rotatable bonds is 4. The van der Waals surface area contributed by atoms with Gasteiger partial charge < -0.3 is 14.5 Å². The van der Waals surface area contributed by atoms with Gasteiger partial charge in [-0.1, -0.05) is 12.1 Å². The minimum Gasteiger partial charge on any atom is -0.482 e. The second kappa shape index (κ2) is 6.09. The Labute approximate surface area is 122 Å². The number of para-hydroxylation sites is 2. The highest BCUT2D eigenvalue weighted by Crippen LogP contribution is 2.27. The third-order valence-electron chi connectivity index (χ3n) is 2.39. The zero-order chi connectivity index (χ0) is 15.5. The number of benzene rings is 1. The summed E-state index contributed by atoms with van der Waals surface area (Å²) in [5.74, 6) is -0.709. The molecular formula is C13H9ClF3NO3. The highest BCUT2D eigenvalue weighted by molar-refractivity contribution is 6.32. The summed E-state index contributed by atoms with van der Waals surface area (Å²) < 4.78 is 45.9. The van der Waals surface area contributed by atoms with Crippen LogP contribution in [0.5, 0.6) is 5.75 Å². The maximum atomic E-state index is 12.2. The molecule has 0 saturated carbocycles. The third-order valence-corrected chi connectivity index (χ3v) is 2.68. The van der Waals surface area contributed by atoms with E-state index in [2.05, 4.69) is 10.1 Å². The van der Waals surface area contributed by atoms with Crippen molar-refractivity contribution in [2.24, 2.45) is 0 Å². The van der Waals surface area contributed by atoms with E-state index in [-0.39, 0.29) is 22.2 Å². The van der Waals surface area contributed by atoms with Gasteiger partial charge in [-0.25, -0.2) is 0 Å². The first-order valence-corrected chi connectivity index (χ1v) is 6.07. The average molecular weight is 320 g/mol. The molecular weight excluding hydrogens is 311 g/mol. The highest BCUT2D eigenvalue weighted by atomic mass is 35.5. The van der Waals surface area contributed by atoms with Crippen molar-refractivity contribution in [2.45, 2.75) is 6.18 Å². The SMILES string of the molecule is O=C(Nc1ccccc1OCC(F)(F)F)c1ccoc1Cl. The molecule has 0 saturated heterocycles. The molecule has 2 aromatic rings. The molecule has 0 aliphatic carbocycles. The van der Waals surface area contributed by atoms with Crippen molar-refractivity contribution in [3.8, 4) is 5.75 Å². The average Bonchev–Trinajstić information content (AvgIpc) is 2.83. The Hall–Kier alpha value is -2.15. The molecule has 1 heterocycles. The van der Waals surface area contributed by atoms with Crippen LogP contribution in [0.2, 0.25) is 5.22 Å². The van der Waals surface area contributed by atoms with Gasteiger partial charge in [-0.05, 0) is 29.8 Å². The Balaban J connectivity index is 2.13. The zero-order valence-electron chi connectivity index (χ0n) is 10.4. The van der Waals surface area contributed by atoms with E-state index in [9.17, 15) is 18.0 Å². The van der Waals surface area contributed by atoms with E-state index in [1.54, 1.807) is 6.07 Å². The highest BCUT2D eigenvalue weighted by Gasteiger charge is 2.29. The lowest BCUT2D eigenvalue weighted by Gasteiger charge is -2.13. The molecule has 1 amide bonds. The molecule has 8 heteroatoms. The van der Waals surface area contributed by atoms with Crippen LogP contribution < -0.4 is 10.1 Å². The molecule has 1 aromatic heterocycles. The first-order chi connectivity index (χ1) is 9.87. The minimum absolute atomic E-state index is 0.0716. The number of ether oxygens (including phenoxy) is 1. The molecule has 2 rings (SSSR count). The standard InChI is InChI=1S/C13H9ClF3NO3/c14-11-8(5-6-20-11)12(19)18-9-3-1-2-4-10(9)21-7-13(15,16)17/h1-6H,7H2,(H,18,19). The molecule has 0 aliphatic rings. The molecule has 0 atom stereocenters. The van der Waals surface area contributed by atoms with E-state index in [1.807, 2.05) is 0 Å². The fraction of sp³-hybridized carbons (Fsp3) is 0.154. The summed E-state index contributed by atoms with van der Waals surface area (Å²) in [5, 5.41) is 2.30. The third kappa shape index (κ3) is 4.16. The van der Waals surface area contributed by atoms with E-state index in [0.717, 1.165) is 0 Å². The number of carbonyl (C=O) groups excluding carboxylic acids is 1. The van der Waals surface area contributed by atoms with Gasteiger partial charge in [0.15, 0.2) is 6.61 Å². The summed E-state index contributed by atoms with van der Waals surface area (Å²) in [6, 6.07) is 7.12. The zero-order valence-corrected chi connectivity index (χ0v) is 11.2. The van der Waals surface area contributed by atoms with Gasteiger partial charge in [0, 0.05) is 0 Å². The molecule has 112 valence electrons. The van der Waals surface area contributed by atoms with Crippen molar-refractivity contribution < 1.29 is 27.1 Å². The number of furan rings is 1. The van der Waals surface area contributed by atoms with Gasteiger partial charge in [0.25, 0.3) is 5.91 Å². The van der Waals surface area contributed by atoms with Gasteiger partial charge in [0.1, 0.15) is 5.75 Å². The van der Waals surface area contributed by atoms with Crippen molar-refractivity contribution in [3.63, 3.8) is 0 Å². The summed E-state index contributed by atoms with van der Waals surface area (Å²) in [5.41, 5.74) is 0.173. The van der Waals surface area contributed by atoms with Gasteiger partial charge in [-0.3, -0.25) is 4.79 Å². The van der Waals surface area contributed by atoms with Crippen LogP contribution >= 0.6 is 11.6 Å². The first kappa shape index (κ1) is 15.2. The lowest BCUT2D eigenvalue weighted by Crippen LogP contribution is -2.20. The van der Waals surface area contributed by atoms with E-state index < -0.39 is 18.7 Å². The Morgan fingerprint density at radius 3 is 2.62 bits per heavy atom. The van der Waals surface area contributed by atoms with E-state index in [1.165, 1.54) is 30.5 Å². The maximum Gasteiger partial charge on any atom is 0.422 e. The van der Waals surface area contributed by atoms with Crippen LogP contribution in [0.3, 0.4) is 0 Å². The fourth-order valence-corrected chi connectivity index (χ4v) is 1.70. The number of hydrogen-bond donors (Lipinski definition) is 1. The molecule has 0 aliphatic heterocycles. The first-order valence-electron chi connectivity index (χ1n) is 5.70. The number of nitrogens with one attached hydrogen (secondary N) is 1. The van der Waals surface area contributed by atoms with E-state index in [4.69, 9.17) is 16.0 Å². The van der Waals surface area contributed by atoms with Gasteiger partial charge in [-0.2, -0.15) is 13.2 Å². The van der Waals surface area contributed by atoms with Crippen molar-refractivity contribution in [2.75, 3.05) is 11.9 Å². The van der Waals surface area contributed by atoms with Crippen molar-refractivity contribution in [3.05, 3.63) is 47.4 Å². The van der Waals surface area contributed by atoms with Crippen LogP contribution in [0.25, 0.3) is 0 Å². The van der Waals surface area contributed by atoms with Crippen molar-refractivity contribution in [1.82, 2.24) is 0 Å². The smallest absolute Gasteiger partial charge is 0.422 e. The number of hydrogen-bond acceptors (Lipinski definition) is 3. The number of halogens is 4. The van der Waals surface area contributed by atoms with Crippen LogP contribution in [0.15, 0.2) is 41.0 Å². The number of anilines is 1. The Kier molecular flexibility index (Phi) is 4.42. The molecule has 0 unspecified atom stereocenters. The number of alkyl halides is 3. The van der Waals surface area contributed by atoms with Gasteiger partial charge in [0.05, 0.1) is 17.5 Å². The molecule has 0 spiro atoms. The Morgan fingerprint density at radius 2 is 2.00 bits per heavy atom. The van der Waals surface area contributed by atoms with E-state index in [0.29, 0.717) is 0 Å². The lowest BCUT2D eigenvalue weighted by atomic mass is 10.2. The fourth-order valence-electron chi connectivity index (χ4n) is 1.50. The van der Waals surface area contributed by atoms with Gasteiger partial charge in [0.2, 0.25) is 5.22 Å². The van der Waals surface area contributed by atoms with Crippen LogP contribution in [0, 0.1) is 0 Å². The predicted octanol–water partition coefficient (Wildman–Crippen LogP) is 4.13. The summed E-state index contributed by atoms with van der Waals surface area (Å²) in [7, 11) is 0.